The first kappa shape index (κ1) is 9.41. The molecular formula is C14H19N. The summed E-state index contributed by atoms with van der Waals surface area (Å²) in [6.07, 6.45) is 4.10. The van der Waals surface area contributed by atoms with Gasteiger partial charge in [0.1, 0.15) is 0 Å². The van der Waals surface area contributed by atoms with Crippen LogP contribution in [0.4, 0.5) is 0 Å². The maximum atomic E-state index is 3.46. The van der Waals surface area contributed by atoms with Crippen molar-refractivity contribution in [1.29, 1.82) is 0 Å². The van der Waals surface area contributed by atoms with Gasteiger partial charge in [0.2, 0.25) is 0 Å². The van der Waals surface area contributed by atoms with Crippen LogP contribution >= 0.6 is 0 Å². The molecule has 3 rings (SSSR count). The molecule has 2 fully saturated rings. The summed E-state index contributed by atoms with van der Waals surface area (Å²) in [4.78, 5) is 0. The van der Waals surface area contributed by atoms with E-state index in [1.807, 2.05) is 0 Å². The third-order valence-electron chi connectivity index (χ3n) is 4.11. The Morgan fingerprint density at radius 3 is 2.53 bits per heavy atom. The minimum atomic E-state index is 1.04. The Labute approximate surface area is 91.9 Å². The maximum Gasteiger partial charge on any atom is -0.00144 e. The first-order valence-electron chi connectivity index (χ1n) is 6.20. The molecule has 0 spiro atoms. The fraction of sp³-hybridized carbons (Fsp3) is 0.571. The maximum absolute atomic E-state index is 3.46. The Bertz CT molecular complexity index is 309. The van der Waals surface area contributed by atoms with Crippen LogP contribution in [0.25, 0.3) is 0 Å². The van der Waals surface area contributed by atoms with Crippen molar-refractivity contribution in [3.63, 3.8) is 0 Å². The fourth-order valence-electron chi connectivity index (χ4n) is 3.16. The Hall–Kier alpha value is -0.820. The third kappa shape index (κ3) is 1.93. The Morgan fingerprint density at radius 1 is 1.07 bits per heavy atom. The van der Waals surface area contributed by atoms with E-state index in [4.69, 9.17) is 0 Å². The quantitative estimate of drug-likeness (QED) is 0.789. The molecule has 0 radical (unpaired) electrons. The van der Waals surface area contributed by atoms with Crippen LogP contribution in [0.5, 0.6) is 0 Å². The van der Waals surface area contributed by atoms with Gasteiger partial charge in [-0.25, -0.2) is 0 Å². The molecule has 1 aromatic carbocycles. The lowest BCUT2D eigenvalue weighted by Gasteiger charge is -2.04. The molecule has 0 aromatic heterocycles. The van der Waals surface area contributed by atoms with Gasteiger partial charge in [-0.05, 0) is 55.7 Å². The number of fused-ring (bicyclic) bond motifs is 1. The highest BCUT2D eigenvalue weighted by Gasteiger charge is 2.51. The molecule has 1 N–H and O–H groups in total. The van der Waals surface area contributed by atoms with Crippen molar-refractivity contribution < 1.29 is 0 Å². The minimum absolute atomic E-state index is 1.04. The van der Waals surface area contributed by atoms with Gasteiger partial charge in [-0.2, -0.15) is 0 Å². The summed E-state index contributed by atoms with van der Waals surface area (Å²) in [5.74, 6) is 3.15. The van der Waals surface area contributed by atoms with Crippen LogP contribution in [0.3, 0.4) is 0 Å². The van der Waals surface area contributed by atoms with Crippen molar-refractivity contribution in [1.82, 2.24) is 5.32 Å². The summed E-state index contributed by atoms with van der Waals surface area (Å²) in [6.45, 7) is 2.58. The normalized spacial score (nSPS) is 32.7. The predicted molar refractivity (Wildman–Crippen MR) is 62.7 cm³/mol. The summed E-state index contributed by atoms with van der Waals surface area (Å²) in [5, 5.41) is 3.46. The molecule has 1 heteroatoms. The number of benzene rings is 1. The van der Waals surface area contributed by atoms with Gasteiger partial charge in [-0.15, -0.1) is 0 Å². The molecule has 1 aliphatic heterocycles. The highest BCUT2D eigenvalue weighted by Crippen LogP contribution is 2.51. The lowest BCUT2D eigenvalue weighted by molar-refractivity contribution is 0.540. The number of hydrogen-bond donors (Lipinski definition) is 1. The lowest BCUT2D eigenvalue weighted by Crippen LogP contribution is -2.14. The highest BCUT2D eigenvalue weighted by molar-refractivity contribution is 5.14. The Balaban J connectivity index is 1.41. The number of nitrogens with one attached hydrogen (secondary N) is 1. The fourth-order valence-corrected chi connectivity index (χ4v) is 3.16. The average Bonchev–Trinajstić information content (AvgIpc) is 2.75. The molecule has 0 bridgehead atoms. The third-order valence-corrected chi connectivity index (χ3v) is 4.11. The molecule has 1 aromatic rings. The standard InChI is InChI=1S/C14H19N/c1-2-5-11(6-3-1)7-4-8-12-13-9-15-10-14(12)13/h1-3,5-6,12-15H,4,7-10H2. The average molecular weight is 201 g/mol. The van der Waals surface area contributed by atoms with E-state index in [9.17, 15) is 0 Å². The van der Waals surface area contributed by atoms with E-state index in [0.717, 1.165) is 17.8 Å². The van der Waals surface area contributed by atoms with Crippen LogP contribution in [0.2, 0.25) is 0 Å². The molecule has 2 aliphatic rings. The molecular weight excluding hydrogens is 182 g/mol. The lowest BCUT2D eigenvalue weighted by atomic mass is 10.0. The molecule has 15 heavy (non-hydrogen) atoms. The van der Waals surface area contributed by atoms with Gasteiger partial charge in [0.05, 0.1) is 0 Å². The van der Waals surface area contributed by atoms with Crippen LogP contribution in [0, 0.1) is 17.8 Å². The van der Waals surface area contributed by atoms with Crippen molar-refractivity contribution >= 4 is 0 Å². The molecule has 0 amide bonds. The van der Waals surface area contributed by atoms with Crippen LogP contribution in [-0.2, 0) is 6.42 Å². The molecule has 2 unspecified atom stereocenters. The van der Waals surface area contributed by atoms with Gasteiger partial charge < -0.3 is 5.32 Å². The predicted octanol–water partition coefficient (Wildman–Crippen LogP) is 2.47. The first-order chi connectivity index (χ1) is 7.45. The van der Waals surface area contributed by atoms with Crippen molar-refractivity contribution in [2.75, 3.05) is 13.1 Å². The number of aryl methyl sites for hydroxylation is 1. The van der Waals surface area contributed by atoms with E-state index < -0.39 is 0 Å². The first-order valence-corrected chi connectivity index (χ1v) is 6.20. The van der Waals surface area contributed by atoms with Crippen LogP contribution < -0.4 is 5.32 Å². The number of rotatable bonds is 4. The summed E-state index contributed by atoms with van der Waals surface area (Å²) >= 11 is 0. The van der Waals surface area contributed by atoms with E-state index in [2.05, 4.69) is 35.6 Å². The highest BCUT2D eigenvalue weighted by atomic mass is 15.0. The second-order valence-electron chi connectivity index (χ2n) is 5.03. The summed E-state index contributed by atoms with van der Waals surface area (Å²) in [5.41, 5.74) is 1.50. The van der Waals surface area contributed by atoms with Crippen molar-refractivity contribution in [3.8, 4) is 0 Å². The summed E-state index contributed by atoms with van der Waals surface area (Å²) < 4.78 is 0. The monoisotopic (exact) mass is 201 g/mol. The van der Waals surface area contributed by atoms with E-state index in [1.165, 1.54) is 37.9 Å². The van der Waals surface area contributed by atoms with E-state index >= 15 is 0 Å². The van der Waals surface area contributed by atoms with Gasteiger partial charge in [0, 0.05) is 0 Å². The van der Waals surface area contributed by atoms with Crippen LogP contribution in [0.1, 0.15) is 18.4 Å². The molecule has 2 atom stereocenters. The second kappa shape index (κ2) is 3.97. The summed E-state index contributed by atoms with van der Waals surface area (Å²) in [7, 11) is 0. The van der Waals surface area contributed by atoms with Crippen molar-refractivity contribution in [3.05, 3.63) is 35.9 Å². The van der Waals surface area contributed by atoms with Gasteiger partial charge in [0.15, 0.2) is 0 Å². The smallest absolute Gasteiger partial charge is 0.00144 e. The minimum Gasteiger partial charge on any atom is -0.316 e. The zero-order valence-corrected chi connectivity index (χ0v) is 9.15. The number of piperidine rings is 1. The van der Waals surface area contributed by atoms with Gasteiger partial charge in [0.25, 0.3) is 0 Å². The molecule has 1 aliphatic carbocycles. The van der Waals surface area contributed by atoms with Crippen LogP contribution in [-0.4, -0.2) is 13.1 Å². The molecule has 80 valence electrons. The molecule has 1 saturated heterocycles. The van der Waals surface area contributed by atoms with Crippen molar-refractivity contribution in [2.24, 2.45) is 17.8 Å². The zero-order valence-electron chi connectivity index (χ0n) is 9.15. The SMILES string of the molecule is c1ccc(CCCC2C3CNCC23)cc1. The molecule has 1 nitrogen and oxygen atoms in total. The Morgan fingerprint density at radius 2 is 1.80 bits per heavy atom. The van der Waals surface area contributed by atoms with Crippen molar-refractivity contribution in [2.45, 2.75) is 19.3 Å². The molecule has 1 saturated carbocycles. The van der Waals surface area contributed by atoms with E-state index in [1.54, 1.807) is 0 Å². The topological polar surface area (TPSA) is 12.0 Å². The number of hydrogen-bond acceptors (Lipinski definition) is 1. The largest absolute Gasteiger partial charge is 0.316 e. The van der Waals surface area contributed by atoms with Gasteiger partial charge in [-0.3, -0.25) is 0 Å². The Kier molecular flexibility index (Phi) is 2.49. The summed E-state index contributed by atoms with van der Waals surface area (Å²) in [6, 6.07) is 10.9. The van der Waals surface area contributed by atoms with Gasteiger partial charge >= 0.3 is 0 Å². The van der Waals surface area contributed by atoms with Crippen LogP contribution in [0.15, 0.2) is 30.3 Å². The zero-order chi connectivity index (χ0) is 10.1. The molecule has 1 heterocycles. The van der Waals surface area contributed by atoms with E-state index in [-0.39, 0.29) is 0 Å². The van der Waals surface area contributed by atoms with E-state index in [0.29, 0.717) is 0 Å². The van der Waals surface area contributed by atoms with Gasteiger partial charge in [-0.1, -0.05) is 30.3 Å². The second-order valence-corrected chi connectivity index (χ2v) is 5.03.